The number of aromatic nitrogens is 4. The van der Waals surface area contributed by atoms with Gasteiger partial charge in [0.2, 0.25) is 5.95 Å². The van der Waals surface area contributed by atoms with E-state index in [0.29, 0.717) is 11.3 Å². The van der Waals surface area contributed by atoms with Crippen LogP contribution < -0.4 is 21.4 Å². The lowest BCUT2D eigenvalue weighted by atomic mass is 10.2. The monoisotopic (exact) mass is 528 g/mol. The molecule has 0 saturated heterocycles. The lowest BCUT2D eigenvalue weighted by Gasteiger charge is -2.15. The molecule has 4 N–H and O–H groups in total. The molecule has 12 heteroatoms. The summed E-state index contributed by atoms with van der Waals surface area (Å²) in [5, 5.41) is 24.7. The number of hydrazone groups is 1. The van der Waals surface area contributed by atoms with E-state index in [9.17, 15) is 19.8 Å². The van der Waals surface area contributed by atoms with Gasteiger partial charge in [0.05, 0.1) is 12.8 Å². The SMILES string of the molecule is Cn1c(=O)[nH]c(=O)c2c1nc(N/N=C\c1cc(Br)ccc1O)n2CC(O)COc1ccccc1. The first kappa shape index (κ1) is 23.3. The number of anilines is 1. The number of aryl methyl sites for hydroxylation is 1. The molecular weight excluding hydrogens is 508 g/mol. The van der Waals surface area contributed by atoms with Gasteiger partial charge in [-0.25, -0.2) is 10.2 Å². The zero-order valence-corrected chi connectivity index (χ0v) is 19.6. The number of aliphatic hydroxyl groups excluding tert-OH is 1. The van der Waals surface area contributed by atoms with Crippen molar-refractivity contribution in [2.45, 2.75) is 12.6 Å². The second-order valence-electron chi connectivity index (χ2n) is 7.39. The lowest BCUT2D eigenvalue weighted by molar-refractivity contribution is 0.0938. The minimum atomic E-state index is -1.01. The third-order valence-corrected chi connectivity index (χ3v) is 5.44. The van der Waals surface area contributed by atoms with E-state index < -0.39 is 17.4 Å². The fourth-order valence-electron chi connectivity index (χ4n) is 3.26. The Morgan fingerprint density at radius 1 is 1.26 bits per heavy atom. The van der Waals surface area contributed by atoms with Crippen molar-refractivity contribution >= 4 is 39.3 Å². The highest BCUT2D eigenvalue weighted by Gasteiger charge is 2.20. The second kappa shape index (κ2) is 9.93. The van der Waals surface area contributed by atoms with Gasteiger partial charge in [0.1, 0.15) is 24.2 Å². The molecule has 0 amide bonds. The van der Waals surface area contributed by atoms with Gasteiger partial charge in [0.25, 0.3) is 5.56 Å². The van der Waals surface area contributed by atoms with Crippen LogP contribution in [0, 0.1) is 0 Å². The van der Waals surface area contributed by atoms with E-state index in [2.05, 4.69) is 36.4 Å². The van der Waals surface area contributed by atoms with Crippen LogP contribution >= 0.6 is 15.9 Å². The van der Waals surface area contributed by atoms with Crippen molar-refractivity contribution in [1.29, 1.82) is 0 Å². The number of fused-ring (bicyclic) bond motifs is 1. The van der Waals surface area contributed by atoms with E-state index in [0.717, 1.165) is 4.47 Å². The summed E-state index contributed by atoms with van der Waals surface area (Å²) in [6, 6.07) is 13.9. The van der Waals surface area contributed by atoms with Gasteiger partial charge in [0.15, 0.2) is 11.2 Å². The van der Waals surface area contributed by atoms with Gasteiger partial charge in [-0.2, -0.15) is 10.1 Å². The molecule has 0 aliphatic heterocycles. The smallest absolute Gasteiger partial charge is 0.329 e. The van der Waals surface area contributed by atoms with Crippen LogP contribution in [0.1, 0.15) is 5.56 Å². The minimum absolute atomic E-state index is 0.0228. The number of phenols is 1. The largest absolute Gasteiger partial charge is 0.507 e. The van der Waals surface area contributed by atoms with Crippen LogP contribution in [-0.2, 0) is 13.6 Å². The fraction of sp³-hybridized carbons (Fsp3) is 0.182. The van der Waals surface area contributed by atoms with E-state index in [1.165, 1.54) is 28.5 Å². The molecule has 11 nitrogen and oxygen atoms in total. The average Bonchev–Trinajstić information content (AvgIpc) is 3.18. The van der Waals surface area contributed by atoms with Gasteiger partial charge in [-0.15, -0.1) is 0 Å². The number of aliphatic hydroxyl groups is 1. The maximum atomic E-state index is 12.6. The Morgan fingerprint density at radius 3 is 2.79 bits per heavy atom. The number of nitrogens with zero attached hydrogens (tertiary/aromatic N) is 4. The molecule has 4 aromatic rings. The Hall–Kier alpha value is -3.90. The van der Waals surface area contributed by atoms with Crippen molar-refractivity contribution in [2.24, 2.45) is 12.1 Å². The van der Waals surface area contributed by atoms with Gasteiger partial charge in [0, 0.05) is 17.1 Å². The number of hydrogen-bond donors (Lipinski definition) is 4. The number of rotatable bonds is 8. The topological polar surface area (TPSA) is 147 Å². The van der Waals surface area contributed by atoms with Crippen molar-refractivity contribution < 1.29 is 14.9 Å². The summed E-state index contributed by atoms with van der Waals surface area (Å²) in [7, 11) is 1.47. The van der Waals surface area contributed by atoms with Crippen LogP contribution in [0.15, 0.2) is 67.7 Å². The molecule has 0 fully saturated rings. The van der Waals surface area contributed by atoms with Crippen molar-refractivity contribution in [3.05, 3.63) is 79.4 Å². The average molecular weight is 529 g/mol. The number of halogens is 1. The highest BCUT2D eigenvalue weighted by Crippen LogP contribution is 2.21. The molecule has 4 rings (SSSR count). The van der Waals surface area contributed by atoms with Crippen LogP contribution in [0.4, 0.5) is 5.95 Å². The first-order chi connectivity index (χ1) is 16.3. The van der Waals surface area contributed by atoms with E-state index >= 15 is 0 Å². The molecule has 0 saturated carbocycles. The van der Waals surface area contributed by atoms with Crippen molar-refractivity contribution in [2.75, 3.05) is 12.0 Å². The van der Waals surface area contributed by atoms with Gasteiger partial charge in [-0.05, 0) is 30.3 Å². The Bertz CT molecular complexity index is 1460. The molecule has 0 aliphatic rings. The number of imidazole rings is 1. The third-order valence-electron chi connectivity index (χ3n) is 4.94. The number of para-hydroxylation sites is 1. The summed E-state index contributed by atoms with van der Waals surface area (Å²) >= 11 is 3.33. The molecule has 2 aromatic heterocycles. The molecule has 176 valence electrons. The predicted octanol–water partition coefficient (Wildman–Crippen LogP) is 1.78. The van der Waals surface area contributed by atoms with Gasteiger partial charge < -0.3 is 19.5 Å². The molecule has 2 aromatic carbocycles. The summed E-state index contributed by atoms with van der Waals surface area (Å²) < 4.78 is 8.96. The molecule has 0 spiro atoms. The molecular formula is C22H21BrN6O5. The first-order valence-electron chi connectivity index (χ1n) is 10.2. The molecule has 0 bridgehead atoms. The maximum absolute atomic E-state index is 12.6. The van der Waals surface area contributed by atoms with E-state index in [4.69, 9.17) is 4.74 Å². The number of hydrogen-bond acceptors (Lipinski definition) is 8. The molecule has 2 heterocycles. The standard InChI is InChI=1S/C22H21BrN6O5/c1-28-19-18(20(32)26-22(28)33)29(11-15(30)12-34-16-5-3-2-4-6-16)21(25-19)27-24-10-13-9-14(23)7-8-17(13)31/h2-10,15,30-31H,11-12H2,1H3,(H,25,27)(H,26,32,33)/b24-10-. The van der Waals surface area contributed by atoms with Crippen LogP contribution in [0.2, 0.25) is 0 Å². The minimum Gasteiger partial charge on any atom is -0.507 e. The van der Waals surface area contributed by atoms with Crippen LogP contribution in [0.5, 0.6) is 11.5 Å². The summed E-state index contributed by atoms with van der Waals surface area (Å²) in [5.41, 5.74) is 2.10. The number of aromatic hydroxyl groups is 1. The normalized spacial score (nSPS) is 12.3. The number of aromatic amines is 1. The zero-order valence-electron chi connectivity index (χ0n) is 18.0. The first-order valence-corrected chi connectivity index (χ1v) is 11.0. The van der Waals surface area contributed by atoms with E-state index in [-0.39, 0.29) is 36.0 Å². The molecule has 0 aliphatic carbocycles. The molecule has 0 radical (unpaired) electrons. The van der Waals surface area contributed by atoms with Crippen LogP contribution in [-0.4, -0.2) is 48.2 Å². The highest BCUT2D eigenvalue weighted by atomic mass is 79.9. The van der Waals surface area contributed by atoms with Crippen molar-refractivity contribution in [3.8, 4) is 11.5 Å². The molecule has 1 unspecified atom stereocenters. The van der Waals surface area contributed by atoms with Gasteiger partial charge >= 0.3 is 5.69 Å². The van der Waals surface area contributed by atoms with Crippen LogP contribution in [0.3, 0.4) is 0 Å². The lowest BCUT2D eigenvalue weighted by Crippen LogP contribution is -2.30. The summed E-state index contributed by atoms with van der Waals surface area (Å²) in [6.45, 7) is -0.105. The molecule has 1 atom stereocenters. The Labute approximate surface area is 201 Å². The quantitative estimate of drug-likeness (QED) is 0.201. The Morgan fingerprint density at radius 2 is 2.03 bits per heavy atom. The summed E-state index contributed by atoms with van der Waals surface area (Å²) in [5.74, 6) is 0.731. The summed E-state index contributed by atoms with van der Waals surface area (Å²) in [4.78, 5) is 31.2. The number of benzene rings is 2. The predicted molar refractivity (Wildman–Crippen MR) is 131 cm³/mol. The number of H-pyrrole nitrogens is 1. The second-order valence-corrected chi connectivity index (χ2v) is 8.30. The maximum Gasteiger partial charge on any atom is 0.329 e. The number of ether oxygens (including phenoxy) is 1. The fourth-order valence-corrected chi connectivity index (χ4v) is 3.64. The number of phenolic OH excluding ortho intramolecular Hbond substituents is 1. The van der Waals surface area contributed by atoms with E-state index in [1.54, 1.807) is 24.3 Å². The van der Waals surface area contributed by atoms with Crippen molar-refractivity contribution in [1.82, 2.24) is 19.1 Å². The molecule has 34 heavy (non-hydrogen) atoms. The third kappa shape index (κ3) is 5.02. The Kier molecular flexibility index (Phi) is 6.80. The highest BCUT2D eigenvalue weighted by molar-refractivity contribution is 9.10. The zero-order chi connectivity index (χ0) is 24.2. The number of nitrogens with one attached hydrogen (secondary N) is 2. The van der Waals surface area contributed by atoms with E-state index in [1.807, 2.05) is 18.2 Å². The summed E-state index contributed by atoms with van der Waals surface area (Å²) in [6.07, 6.45) is 0.370. The Balaban J connectivity index is 1.64. The van der Waals surface area contributed by atoms with Crippen LogP contribution in [0.25, 0.3) is 11.2 Å². The van der Waals surface area contributed by atoms with Gasteiger partial charge in [-0.3, -0.25) is 14.3 Å². The van der Waals surface area contributed by atoms with Crippen molar-refractivity contribution in [3.63, 3.8) is 0 Å². The van der Waals surface area contributed by atoms with Gasteiger partial charge in [-0.1, -0.05) is 34.1 Å².